The molecule has 0 aromatic heterocycles. The summed E-state index contributed by atoms with van der Waals surface area (Å²) in [5.41, 5.74) is 2.57. The lowest BCUT2D eigenvalue weighted by atomic mass is 10.2. The second kappa shape index (κ2) is 6.10. The lowest BCUT2D eigenvalue weighted by molar-refractivity contribution is 0.0601. The van der Waals surface area contributed by atoms with Crippen molar-refractivity contribution in [3.8, 4) is 5.75 Å². The number of esters is 1. The Morgan fingerprint density at radius 3 is 1.85 bits per heavy atom. The quantitative estimate of drug-likeness (QED) is 0.800. The third-order valence-corrected chi connectivity index (χ3v) is 3.14. The van der Waals surface area contributed by atoms with Crippen molar-refractivity contribution >= 4 is 17.3 Å². The van der Waals surface area contributed by atoms with Crippen molar-refractivity contribution in [1.82, 2.24) is 0 Å². The van der Waals surface area contributed by atoms with Crippen LogP contribution in [-0.2, 0) is 4.74 Å². The first-order chi connectivity index (χ1) is 9.65. The van der Waals surface area contributed by atoms with Gasteiger partial charge < -0.3 is 14.4 Å². The van der Waals surface area contributed by atoms with Crippen molar-refractivity contribution in [3.63, 3.8) is 0 Å². The van der Waals surface area contributed by atoms with Crippen molar-refractivity contribution in [2.24, 2.45) is 0 Å². The standard InChI is InChI=1S/C16H17NO3/c1-17(14-8-10-15(19-2)11-9-14)13-6-4-12(5-7-13)16(18)20-3/h4-11H,1-3H3. The lowest BCUT2D eigenvalue weighted by Crippen LogP contribution is -2.09. The summed E-state index contributed by atoms with van der Waals surface area (Å²) in [7, 11) is 4.99. The average Bonchev–Trinajstić information content (AvgIpc) is 2.53. The Kier molecular flexibility index (Phi) is 4.25. The second-order valence-electron chi connectivity index (χ2n) is 4.30. The zero-order valence-corrected chi connectivity index (χ0v) is 11.8. The molecule has 4 heteroatoms. The number of nitrogens with zero attached hydrogens (tertiary/aromatic N) is 1. The van der Waals surface area contributed by atoms with Gasteiger partial charge in [0, 0.05) is 18.4 Å². The molecule has 0 aliphatic rings. The minimum absolute atomic E-state index is 0.330. The fourth-order valence-electron chi connectivity index (χ4n) is 1.89. The predicted octanol–water partition coefficient (Wildman–Crippen LogP) is 3.25. The van der Waals surface area contributed by atoms with Gasteiger partial charge in [-0.15, -0.1) is 0 Å². The van der Waals surface area contributed by atoms with Crippen LogP contribution in [0.2, 0.25) is 0 Å². The Hall–Kier alpha value is -2.49. The van der Waals surface area contributed by atoms with Crippen LogP contribution in [0.4, 0.5) is 11.4 Å². The average molecular weight is 271 g/mol. The SMILES string of the molecule is COC(=O)c1ccc(N(C)c2ccc(OC)cc2)cc1. The normalized spacial score (nSPS) is 9.95. The molecule has 2 aromatic carbocycles. The molecule has 20 heavy (non-hydrogen) atoms. The molecule has 2 rings (SSSR count). The van der Waals surface area contributed by atoms with Crippen LogP contribution in [0.15, 0.2) is 48.5 Å². The molecule has 0 amide bonds. The molecule has 0 fully saturated rings. The van der Waals surface area contributed by atoms with E-state index in [-0.39, 0.29) is 5.97 Å². The van der Waals surface area contributed by atoms with Crippen LogP contribution in [0.3, 0.4) is 0 Å². The summed E-state index contributed by atoms with van der Waals surface area (Å²) >= 11 is 0. The highest BCUT2D eigenvalue weighted by atomic mass is 16.5. The Balaban J connectivity index is 2.19. The molecule has 0 aliphatic heterocycles. The van der Waals surface area contributed by atoms with Gasteiger partial charge in [-0.1, -0.05) is 0 Å². The van der Waals surface area contributed by atoms with Gasteiger partial charge in [0.2, 0.25) is 0 Å². The predicted molar refractivity (Wildman–Crippen MR) is 78.8 cm³/mol. The van der Waals surface area contributed by atoms with Crippen LogP contribution in [0, 0.1) is 0 Å². The molecule has 0 spiro atoms. The molecule has 4 nitrogen and oxygen atoms in total. The first-order valence-electron chi connectivity index (χ1n) is 6.22. The van der Waals surface area contributed by atoms with E-state index in [1.807, 2.05) is 48.3 Å². The molecule has 0 N–H and O–H groups in total. The molecule has 0 saturated heterocycles. The van der Waals surface area contributed by atoms with E-state index >= 15 is 0 Å². The van der Waals surface area contributed by atoms with E-state index in [0.717, 1.165) is 17.1 Å². The van der Waals surface area contributed by atoms with Crippen molar-refractivity contribution in [3.05, 3.63) is 54.1 Å². The first kappa shape index (κ1) is 13.9. The highest BCUT2D eigenvalue weighted by Crippen LogP contribution is 2.25. The van der Waals surface area contributed by atoms with E-state index in [1.54, 1.807) is 19.2 Å². The monoisotopic (exact) mass is 271 g/mol. The number of carbonyl (C=O) groups excluding carboxylic acids is 1. The van der Waals surface area contributed by atoms with Gasteiger partial charge >= 0.3 is 5.97 Å². The third kappa shape index (κ3) is 2.91. The number of ether oxygens (including phenoxy) is 2. The van der Waals surface area contributed by atoms with Crippen molar-refractivity contribution in [2.45, 2.75) is 0 Å². The molecule has 2 aromatic rings. The highest BCUT2D eigenvalue weighted by Gasteiger charge is 2.07. The maximum atomic E-state index is 11.4. The minimum atomic E-state index is -0.330. The van der Waals surface area contributed by atoms with E-state index in [1.165, 1.54) is 7.11 Å². The maximum absolute atomic E-state index is 11.4. The Morgan fingerprint density at radius 2 is 1.40 bits per heavy atom. The fourth-order valence-corrected chi connectivity index (χ4v) is 1.89. The number of benzene rings is 2. The van der Waals surface area contributed by atoms with Gasteiger partial charge in [-0.25, -0.2) is 4.79 Å². The van der Waals surface area contributed by atoms with Crippen molar-refractivity contribution in [2.75, 3.05) is 26.2 Å². The number of carbonyl (C=O) groups is 1. The molecule has 0 radical (unpaired) electrons. The smallest absolute Gasteiger partial charge is 0.337 e. The zero-order valence-electron chi connectivity index (χ0n) is 11.8. The Bertz CT molecular complexity index is 576. The topological polar surface area (TPSA) is 38.8 Å². The van der Waals surface area contributed by atoms with Gasteiger partial charge in [-0.2, -0.15) is 0 Å². The molecule has 0 heterocycles. The minimum Gasteiger partial charge on any atom is -0.497 e. The number of hydrogen-bond acceptors (Lipinski definition) is 4. The molecule has 104 valence electrons. The number of anilines is 2. The van der Waals surface area contributed by atoms with E-state index in [0.29, 0.717) is 5.56 Å². The van der Waals surface area contributed by atoms with Crippen LogP contribution >= 0.6 is 0 Å². The maximum Gasteiger partial charge on any atom is 0.337 e. The summed E-state index contributed by atoms with van der Waals surface area (Å²) in [6, 6.07) is 15.1. The van der Waals surface area contributed by atoms with Crippen molar-refractivity contribution < 1.29 is 14.3 Å². The van der Waals surface area contributed by atoms with Crippen LogP contribution < -0.4 is 9.64 Å². The molecular formula is C16H17NO3. The molecule has 0 saturated carbocycles. The molecule has 0 atom stereocenters. The van der Waals surface area contributed by atoms with Gasteiger partial charge in [0.05, 0.1) is 19.8 Å². The van der Waals surface area contributed by atoms with Gasteiger partial charge in [-0.05, 0) is 48.5 Å². The summed E-state index contributed by atoms with van der Waals surface area (Å²) < 4.78 is 9.82. The van der Waals surface area contributed by atoms with E-state index < -0.39 is 0 Å². The largest absolute Gasteiger partial charge is 0.497 e. The summed E-state index contributed by atoms with van der Waals surface area (Å²) in [5, 5.41) is 0. The molecule has 0 aliphatic carbocycles. The second-order valence-corrected chi connectivity index (χ2v) is 4.30. The van der Waals surface area contributed by atoms with E-state index in [4.69, 9.17) is 4.74 Å². The van der Waals surface area contributed by atoms with E-state index in [2.05, 4.69) is 4.74 Å². The summed E-state index contributed by atoms with van der Waals surface area (Å²) in [6.07, 6.45) is 0. The van der Waals surface area contributed by atoms with Crippen LogP contribution in [0.1, 0.15) is 10.4 Å². The summed E-state index contributed by atoms with van der Waals surface area (Å²) in [5.74, 6) is 0.492. The van der Waals surface area contributed by atoms with Crippen LogP contribution in [-0.4, -0.2) is 27.2 Å². The van der Waals surface area contributed by atoms with Crippen LogP contribution in [0.5, 0.6) is 5.75 Å². The fraction of sp³-hybridized carbons (Fsp3) is 0.188. The van der Waals surface area contributed by atoms with Crippen LogP contribution in [0.25, 0.3) is 0 Å². The van der Waals surface area contributed by atoms with Gasteiger partial charge in [0.15, 0.2) is 0 Å². The van der Waals surface area contributed by atoms with Gasteiger partial charge in [-0.3, -0.25) is 0 Å². The Labute approximate surface area is 118 Å². The number of hydrogen-bond donors (Lipinski definition) is 0. The highest BCUT2D eigenvalue weighted by molar-refractivity contribution is 5.89. The van der Waals surface area contributed by atoms with Crippen molar-refractivity contribution in [1.29, 1.82) is 0 Å². The zero-order chi connectivity index (χ0) is 14.5. The van der Waals surface area contributed by atoms with Gasteiger partial charge in [0.1, 0.15) is 5.75 Å². The Morgan fingerprint density at radius 1 is 0.900 bits per heavy atom. The molecular weight excluding hydrogens is 254 g/mol. The number of methoxy groups -OCH3 is 2. The first-order valence-corrected chi connectivity index (χ1v) is 6.22. The summed E-state index contributed by atoms with van der Waals surface area (Å²) in [4.78, 5) is 13.4. The molecule has 0 bridgehead atoms. The molecule has 0 unspecified atom stereocenters. The van der Waals surface area contributed by atoms with Gasteiger partial charge in [0.25, 0.3) is 0 Å². The summed E-state index contributed by atoms with van der Waals surface area (Å²) in [6.45, 7) is 0. The van der Waals surface area contributed by atoms with E-state index in [9.17, 15) is 4.79 Å². The third-order valence-electron chi connectivity index (χ3n) is 3.14. The number of rotatable bonds is 4. The lowest BCUT2D eigenvalue weighted by Gasteiger charge is -2.20.